The summed E-state index contributed by atoms with van der Waals surface area (Å²) >= 11 is 0. The minimum atomic E-state index is -3.86. The number of hydrogen-bond donors (Lipinski definition) is 1. The second-order valence-electron chi connectivity index (χ2n) is 5.62. The highest BCUT2D eigenvalue weighted by Crippen LogP contribution is 2.48. The lowest BCUT2D eigenvalue weighted by atomic mass is 9.82. The Balaban J connectivity index is 2.62. The van der Waals surface area contributed by atoms with Gasteiger partial charge in [0.2, 0.25) is 0 Å². The Bertz CT molecular complexity index is 764. The van der Waals surface area contributed by atoms with E-state index in [0.717, 1.165) is 14.2 Å². The molecule has 1 fully saturated rings. The summed E-state index contributed by atoms with van der Waals surface area (Å²) < 4.78 is 35.5. The zero-order valence-corrected chi connectivity index (χ0v) is 14.8. The van der Waals surface area contributed by atoms with Gasteiger partial charge in [-0.1, -0.05) is 24.3 Å². The maximum absolute atomic E-state index is 13.0. The molecule has 1 N–H and O–H groups in total. The van der Waals surface area contributed by atoms with Crippen molar-refractivity contribution in [2.24, 2.45) is 5.41 Å². The molecule has 0 spiro atoms. The van der Waals surface area contributed by atoms with Crippen molar-refractivity contribution in [3.05, 3.63) is 42.0 Å². The molecule has 0 amide bonds. The minimum Gasteiger partial charge on any atom is -0.468 e. The molecule has 136 valence electrons. The molecule has 1 aliphatic carbocycles. The zero-order valence-electron chi connectivity index (χ0n) is 14.0. The van der Waals surface area contributed by atoms with Gasteiger partial charge in [0.25, 0.3) is 0 Å². The average molecular weight is 368 g/mol. The van der Waals surface area contributed by atoms with Crippen molar-refractivity contribution in [2.75, 3.05) is 20.8 Å². The van der Waals surface area contributed by atoms with E-state index in [2.05, 4.69) is 0 Å². The molecule has 1 aromatic rings. The lowest BCUT2D eigenvalue weighted by Crippen LogP contribution is -2.42. The molecule has 7 nitrogen and oxygen atoms in total. The Morgan fingerprint density at radius 1 is 1.20 bits per heavy atom. The number of sulfone groups is 1. The summed E-state index contributed by atoms with van der Waals surface area (Å²) in [6.45, 7) is -0.522. The normalized spacial score (nSPS) is 21.1. The van der Waals surface area contributed by atoms with Gasteiger partial charge in [-0.2, -0.15) is 0 Å². The van der Waals surface area contributed by atoms with Crippen LogP contribution in [0.1, 0.15) is 12.8 Å². The van der Waals surface area contributed by atoms with Crippen molar-refractivity contribution in [1.29, 1.82) is 0 Å². The van der Waals surface area contributed by atoms with Crippen molar-refractivity contribution < 1.29 is 32.6 Å². The smallest absolute Gasteiger partial charge is 0.327 e. The van der Waals surface area contributed by atoms with Gasteiger partial charge in [0.05, 0.1) is 31.0 Å². The number of aliphatic hydroxyl groups is 1. The molecule has 1 unspecified atom stereocenters. The zero-order chi connectivity index (χ0) is 18.7. The van der Waals surface area contributed by atoms with Gasteiger partial charge in [0.15, 0.2) is 15.3 Å². The largest absolute Gasteiger partial charge is 0.468 e. The van der Waals surface area contributed by atoms with Crippen molar-refractivity contribution in [3.63, 3.8) is 0 Å². The van der Waals surface area contributed by atoms with Crippen LogP contribution in [0, 0.1) is 5.41 Å². The summed E-state index contributed by atoms with van der Waals surface area (Å²) in [6.07, 6.45) is 1.15. The first-order chi connectivity index (χ1) is 11.9. The topological polar surface area (TPSA) is 107 Å². The van der Waals surface area contributed by atoms with Gasteiger partial charge in [0, 0.05) is 0 Å². The molecule has 1 aliphatic rings. The lowest BCUT2D eigenvalue weighted by molar-refractivity contribution is -0.165. The fourth-order valence-electron chi connectivity index (χ4n) is 3.29. The average Bonchev–Trinajstić information content (AvgIpc) is 3.02. The van der Waals surface area contributed by atoms with Gasteiger partial charge in [-0.25, -0.2) is 8.42 Å². The molecular weight excluding hydrogens is 348 g/mol. The molecule has 0 bridgehead atoms. The van der Waals surface area contributed by atoms with E-state index in [1.807, 2.05) is 0 Å². The van der Waals surface area contributed by atoms with Crippen LogP contribution in [0.5, 0.6) is 0 Å². The number of benzene rings is 1. The van der Waals surface area contributed by atoms with Crippen molar-refractivity contribution >= 4 is 21.8 Å². The Morgan fingerprint density at radius 3 is 2.24 bits per heavy atom. The molecule has 0 heterocycles. The highest BCUT2D eigenvalue weighted by atomic mass is 32.2. The quantitative estimate of drug-likeness (QED) is 0.467. The number of carbonyl (C=O) groups excluding carboxylic acids is 2. The molecule has 1 atom stereocenters. The van der Waals surface area contributed by atoms with Crippen molar-refractivity contribution in [3.8, 4) is 0 Å². The van der Waals surface area contributed by atoms with Crippen molar-refractivity contribution in [2.45, 2.75) is 23.0 Å². The number of carbonyl (C=O) groups is 2. The van der Waals surface area contributed by atoms with Gasteiger partial charge in [-0.05, 0) is 30.5 Å². The monoisotopic (exact) mass is 368 g/mol. The van der Waals surface area contributed by atoms with Gasteiger partial charge < -0.3 is 14.6 Å². The van der Waals surface area contributed by atoms with Crippen LogP contribution in [0.4, 0.5) is 0 Å². The summed E-state index contributed by atoms with van der Waals surface area (Å²) in [6, 6.07) is 7.76. The Kier molecular flexibility index (Phi) is 5.64. The van der Waals surface area contributed by atoms with E-state index in [1.165, 1.54) is 18.2 Å². The lowest BCUT2D eigenvalue weighted by Gasteiger charge is -2.26. The first-order valence-electron chi connectivity index (χ1n) is 7.63. The predicted octanol–water partition coefficient (Wildman–Crippen LogP) is 0.874. The summed E-state index contributed by atoms with van der Waals surface area (Å²) in [4.78, 5) is 24.9. The highest BCUT2D eigenvalue weighted by Gasteiger charge is 2.60. The van der Waals surface area contributed by atoms with E-state index in [0.29, 0.717) is 0 Å². The van der Waals surface area contributed by atoms with E-state index < -0.39 is 39.0 Å². The number of esters is 2. The molecule has 1 aromatic carbocycles. The molecule has 25 heavy (non-hydrogen) atoms. The predicted molar refractivity (Wildman–Crippen MR) is 88.3 cm³/mol. The number of hydrogen-bond acceptors (Lipinski definition) is 7. The Labute approximate surface area is 146 Å². The van der Waals surface area contributed by atoms with Crippen LogP contribution < -0.4 is 0 Å². The number of rotatable bonds is 5. The maximum Gasteiger partial charge on any atom is 0.327 e. The fourth-order valence-corrected chi connectivity index (χ4v) is 5.22. The minimum absolute atomic E-state index is 0.00227. The summed E-state index contributed by atoms with van der Waals surface area (Å²) in [5, 5.41) is 8.22. The highest BCUT2D eigenvalue weighted by molar-refractivity contribution is 7.92. The van der Waals surface area contributed by atoms with Gasteiger partial charge in [0.1, 0.15) is 0 Å². The number of ether oxygens (including phenoxy) is 2. The van der Waals surface area contributed by atoms with Crippen LogP contribution in [0.3, 0.4) is 0 Å². The van der Waals surface area contributed by atoms with E-state index in [-0.39, 0.29) is 23.3 Å². The van der Waals surface area contributed by atoms with Crippen molar-refractivity contribution in [1.82, 2.24) is 0 Å². The summed E-state index contributed by atoms with van der Waals surface area (Å²) in [7, 11) is -1.63. The number of aliphatic hydroxyl groups excluding tert-OH is 1. The van der Waals surface area contributed by atoms with Crippen LogP contribution in [-0.2, 0) is 28.9 Å². The molecular formula is C17H20O7S. The third kappa shape index (κ3) is 3.07. The standard InChI is InChI=1S/C17H20O7S/c1-23-15(19)17(16(20)24-2)10-8-14(13(17)9-11-18)25(21,22)12-6-4-3-5-7-12/h3-7,9,14,18H,8,10-11H2,1-2H3/b13-9+. The molecule has 0 aliphatic heterocycles. The first-order valence-corrected chi connectivity index (χ1v) is 9.18. The van der Waals surface area contributed by atoms with Crippen LogP contribution in [0.2, 0.25) is 0 Å². The van der Waals surface area contributed by atoms with Crippen LogP contribution in [0.15, 0.2) is 46.9 Å². The third-order valence-corrected chi connectivity index (χ3v) is 6.61. The Hall–Kier alpha value is -2.19. The molecule has 0 aromatic heterocycles. The molecule has 0 radical (unpaired) electrons. The van der Waals surface area contributed by atoms with Crippen LogP contribution >= 0.6 is 0 Å². The maximum atomic E-state index is 13.0. The van der Waals surface area contributed by atoms with Gasteiger partial charge in [-0.15, -0.1) is 0 Å². The van der Waals surface area contributed by atoms with Gasteiger partial charge >= 0.3 is 11.9 Å². The summed E-state index contributed by atoms with van der Waals surface area (Å²) in [5.41, 5.74) is -1.86. The second-order valence-corrected chi connectivity index (χ2v) is 7.75. The summed E-state index contributed by atoms with van der Waals surface area (Å²) in [5.74, 6) is -1.80. The van der Waals surface area contributed by atoms with Crippen LogP contribution in [-0.4, -0.2) is 51.5 Å². The van der Waals surface area contributed by atoms with E-state index in [1.54, 1.807) is 18.2 Å². The third-order valence-electron chi connectivity index (χ3n) is 4.45. The second kappa shape index (κ2) is 7.37. The Morgan fingerprint density at radius 2 is 1.76 bits per heavy atom. The molecule has 1 saturated carbocycles. The van der Waals surface area contributed by atoms with Gasteiger partial charge in [-0.3, -0.25) is 9.59 Å². The van der Waals surface area contributed by atoms with Crippen LogP contribution in [0.25, 0.3) is 0 Å². The molecule has 2 rings (SSSR count). The first kappa shape index (κ1) is 19.1. The fraction of sp³-hybridized carbons (Fsp3) is 0.412. The molecule has 0 saturated heterocycles. The molecule has 8 heteroatoms. The van der Waals surface area contributed by atoms with E-state index in [9.17, 15) is 23.1 Å². The van der Waals surface area contributed by atoms with E-state index in [4.69, 9.17) is 9.47 Å². The number of methoxy groups -OCH3 is 2. The SMILES string of the molecule is COC(=O)C1(C(=O)OC)CCC(S(=O)(=O)c2ccccc2)/C1=C\CO. The van der Waals surface area contributed by atoms with E-state index >= 15 is 0 Å².